The number of fused-ring (bicyclic) bond motifs is 1. The summed E-state index contributed by atoms with van der Waals surface area (Å²) in [6.07, 6.45) is 4.44. The van der Waals surface area contributed by atoms with Crippen molar-refractivity contribution in [1.29, 1.82) is 0 Å². The maximum atomic E-state index is 13.4. The van der Waals surface area contributed by atoms with Crippen molar-refractivity contribution in [2.45, 2.75) is 26.3 Å². The summed E-state index contributed by atoms with van der Waals surface area (Å²) in [5, 5.41) is 0.779. The van der Waals surface area contributed by atoms with Gasteiger partial charge in [0.25, 0.3) is 0 Å². The third-order valence-corrected chi connectivity index (χ3v) is 5.52. The summed E-state index contributed by atoms with van der Waals surface area (Å²) in [7, 11) is 0. The molecule has 1 aliphatic rings. The zero-order chi connectivity index (χ0) is 18.8. The molecule has 2 heterocycles. The highest BCUT2D eigenvalue weighted by molar-refractivity contribution is 6.30. The second-order valence-electron chi connectivity index (χ2n) is 7.08. The van der Waals surface area contributed by atoms with Gasteiger partial charge in [0.05, 0.1) is 11.0 Å². The van der Waals surface area contributed by atoms with E-state index in [0.29, 0.717) is 0 Å². The van der Waals surface area contributed by atoms with E-state index in [4.69, 9.17) is 11.6 Å². The van der Waals surface area contributed by atoms with Gasteiger partial charge in [0.2, 0.25) is 0 Å². The van der Waals surface area contributed by atoms with Crippen LogP contribution in [0.5, 0.6) is 0 Å². The number of aromatic nitrogens is 2. The average molecular weight is 384 g/mol. The normalized spacial score (nSPS) is 15.3. The molecule has 0 saturated heterocycles. The second kappa shape index (κ2) is 7.83. The van der Waals surface area contributed by atoms with Gasteiger partial charge in [0, 0.05) is 37.3 Å². The smallest absolute Gasteiger partial charge is 0.125 e. The highest BCUT2D eigenvalue weighted by atomic mass is 35.5. The summed E-state index contributed by atoms with van der Waals surface area (Å²) in [5.74, 6) is 0.711. The Bertz CT molecular complexity index is 975. The van der Waals surface area contributed by atoms with Gasteiger partial charge in [-0.15, -0.1) is 0 Å². The summed E-state index contributed by atoms with van der Waals surface area (Å²) in [5.41, 5.74) is 4.42. The van der Waals surface area contributed by atoms with Crippen LogP contribution < -0.4 is 0 Å². The van der Waals surface area contributed by atoms with E-state index in [1.807, 2.05) is 25.1 Å². The number of imidazole rings is 1. The molecule has 0 unspecified atom stereocenters. The van der Waals surface area contributed by atoms with Gasteiger partial charge in [-0.2, -0.15) is 0 Å². The molecule has 0 spiro atoms. The van der Waals surface area contributed by atoms with E-state index in [2.05, 4.69) is 32.7 Å². The first kappa shape index (κ1) is 18.2. The molecule has 0 fully saturated rings. The Morgan fingerprint density at radius 1 is 1.11 bits per heavy atom. The van der Waals surface area contributed by atoms with E-state index >= 15 is 0 Å². The van der Waals surface area contributed by atoms with Crippen LogP contribution in [-0.2, 0) is 6.54 Å². The number of benzene rings is 2. The minimum atomic E-state index is -0.233. The molecule has 3 aromatic rings. The summed E-state index contributed by atoms with van der Waals surface area (Å²) < 4.78 is 15.6. The van der Waals surface area contributed by atoms with Crippen LogP contribution in [-0.4, -0.2) is 34.1 Å². The molecule has 4 rings (SSSR count). The predicted octanol–water partition coefficient (Wildman–Crippen LogP) is 5.32. The van der Waals surface area contributed by atoms with E-state index in [1.54, 1.807) is 0 Å². The summed E-state index contributed by atoms with van der Waals surface area (Å²) >= 11 is 5.98. The Morgan fingerprint density at radius 3 is 2.67 bits per heavy atom. The Hall–Kier alpha value is -2.17. The standard InChI is InChI=1S/C22H23ClFN3/c1-16-25-21-15-20(24)7-8-22(21)27(16)12-2-11-26-13-9-18(10-14-26)17-3-5-19(23)6-4-17/h3-9,15H,2,10-14H2,1H3. The Balaban J connectivity index is 1.34. The average Bonchev–Trinajstić information content (AvgIpc) is 2.97. The maximum absolute atomic E-state index is 13.4. The highest BCUT2D eigenvalue weighted by Gasteiger charge is 2.13. The molecule has 0 bridgehead atoms. The molecule has 5 heteroatoms. The van der Waals surface area contributed by atoms with Crippen molar-refractivity contribution in [3.8, 4) is 0 Å². The fourth-order valence-electron chi connectivity index (χ4n) is 3.80. The molecule has 1 aliphatic heterocycles. The largest absolute Gasteiger partial charge is 0.328 e. The molecule has 0 atom stereocenters. The molecule has 0 aliphatic carbocycles. The fraction of sp³-hybridized carbons (Fsp3) is 0.318. The molecule has 2 aromatic carbocycles. The topological polar surface area (TPSA) is 21.1 Å². The van der Waals surface area contributed by atoms with E-state index in [1.165, 1.54) is 23.3 Å². The molecule has 0 N–H and O–H groups in total. The molecule has 0 saturated carbocycles. The monoisotopic (exact) mass is 383 g/mol. The quantitative estimate of drug-likeness (QED) is 0.594. The molecule has 1 aromatic heterocycles. The van der Waals surface area contributed by atoms with Crippen LogP contribution >= 0.6 is 11.6 Å². The molecule has 0 radical (unpaired) electrons. The number of aryl methyl sites for hydroxylation is 2. The zero-order valence-corrected chi connectivity index (χ0v) is 16.2. The van der Waals surface area contributed by atoms with Crippen molar-refractivity contribution >= 4 is 28.2 Å². The maximum Gasteiger partial charge on any atom is 0.125 e. The first-order chi connectivity index (χ1) is 13.1. The molecular formula is C22H23ClFN3. The van der Waals surface area contributed by atoms with Crippen LogP contribution in [0.3, 0.4) is 0 Å². The van der Waals surface area contributed by atoms with Crippen LogP contribution in [0.25, 0.3) is 16.6 Å². The minimum Gasteiger partial charge on any atom is -0.328 e. The summed E-state index contributed by atoms with van der Waals surface area (Å²) in [4.78, 5) is 6.96. The first-order valence-corrected chi connectivity index (χ1v) is 9.78. The Morgan fingerprint density at radius 2 is 1.93 bits per heavy atom. The summed E-state index contributed by atoms with van der Waals surface area (Å²) in [6, 6.07) is 12.9. The van der Waals surface area contributed by atoms with Crippen molar-refractivity contribution in [3.05, 3.63) is 70.8 Å². The predicted molar refractivity (Wildman–Crippen MR) is 110 cm³/mol. The van der Waals surface area contributed by atoms with E-state index in [9.17, 15) is 4.39 Å². The van der Waals surface area contributed by atoms with Crippen molar-refractivity contribution < 1.29 is 4.39 Å². The Kier molecular flexibility index (Phi) is 5.28. The number of nitrogens with zero attached hydrogens (tertiary/aromatic N) is 3. The van der Waals surface area contributed by atoms with Crippen LogP contribution in [0.4, 0.5) is 4.39 Å². The van der Waals surface area contributed by atoms with Gasteiger partial charge in [-0.1, -0.05) is 29.8 Å². The van der Waals surface area contributed by atoms with E-state index in [0.717, 1.165) is 60.9 Å². The lowest BCUT2D eigenvalue weighted by Gasteiger charge is -2.26. The van der Waals surface area contributed by atoms with Crippen molar-refractivity contribution in [2.24, 2.45) is 0 Å². The van der Waals surface area contributed by atoms with Crippen molar-refractivity contribution in [1.82, 2.24) is 14.5 Å². The van der Waals surface area contributed by atoms with Crippen LogP contribution in [0.1, 0.15) is 24.2 Å². The van der Waals surface area contributed by atoms with Crippen LogP contribution in [0.15, 0.2) is 48.5 Å². The first-order valence-electron chi connectivity index (χ1n) is 9.40. The van der Waals surface area contributed by atoms with Crippen LogP contribution in [0, 0.1) is 12.7 Å². The third kappa shape index (κ3) is 4.07. The number of rotatable bonds is 5. The lowest BCUT2D eigenvalue weighted by Crippen LogP contribution is -2.30. The molecule has 140 valence electrons. The highest BCUT2D eigenvalue weighted by Crippen LogP contribution is 2.24. The molecule has 3 nitrogen and oxygen atoms in total. The van der Waals surface area contributed by atoms with Crippen molar-refractivity contribution in [3.63, 3.8) is 0 Å². The molecular weight excluding hydrogens is 361 g/mol. The van der Waals surface area contributed by atoms with Gasteiger partial charge < -0.3 is 4.57 Å². The minimum absolute atomic E-state index is 0.233. The molecule has 27 heavy (non-hydrogen) atoms. The van der Waals surface area contributed by atoms with Gasteiger partial charge in [0.1, 0.15) is 11.6 Å². The van der Waals surface area contributed by atoms with E-state index in [-0.39, 0.29) is 5.82 Å². The zero-order valence-electron chi connectivity index (χ0n) is 15.5. The van der Waals surface area contributed by atoms with Crippen LogP contribution in [0.2, 0.25) is 5.02 Å². The summed E-state index contributed by atoms with van der Waals surface area (Å²) in [6.45, 7) is 5.99. The SMILES string of the molecule is Cc1nc2cc(F)ccc2n1CCCN1CC=C(c2ccc(Cl)cc2)CC1. The fourth-order valence-corrected chi connectivity index (χ4v) is 3.92. The van der Waals surface area contributed by atoms with Gasteiger partial charge in [-0.25, -0.2) is 9.37 Å². The van der Waals surface area contributed by atoms with Gasteiger partial charge in [-0.05, 0) is 55.2 Å². The number of hydrogen-bond donors (Lipinski definition) is 0. The third-order valence-electron chi connectivity index (χ3n) is 5.27. The lowest BCUT2D eigenvalue weighted by molar-refractivity contribution is 0.291. The lowest BCUT2D eigenvalue weighted by atomic mass is 9.99. The molecule has 0 amide bonds. The number of hydrogen-bond acceptors (Lipinski definition) is 2. The Labute approximate surface area is 164 Å². The van der Waals surface area contributed by atoms with Gasteiger partial charge >= 0.3 is 0 Å². The van der Waals surface area contributed by atoms with E-state index < -0.39 is 0 Å². The van der Waals surface area contributed by atoms with Gasteiger partial charge in [-0.3, -0.25) is 4.90 Å². The van der Waals surface area contributed by atoms with Crippen molar-refractivity contribution in [2.75, 3.05) is 19.6 Å². The van der Waals surface area contributed by atoms with Gasteiger partial charge in [0.15, 0.2) is 0 Å². The number of halogens is 2. The second-order valence-corrected chi connectivity index (χ2v) is 7.52.